The molecule has 1 aromatic heterocycles. The van der Waals surface area contributed by atoms with Crippen LogP contribution in [0.2, 0.25) is 0 Å². The number of rotatable bonds is 12. The van der Waals surface area contributed by atoms with Crippen LogP contribution in [-0.2, 0) is 4.74 Å². The van der Waals surface area contributed by atoms with E-state index in [-0.39, 0.29) is 6.03 Å². The Morgan fingerprint density at radius 3 is 2.63 bits per heavy atom. The van der Waals surface area contributed by atoms with Crippen molar-refractivity contribution in [3.05, 3.63) is 36.7 Å². The average molecular weight is 526 g/mol. The predicted molar refractivity (Wildman–Crippen MR) is 144 cm³/mol. The molecule has 0 saturated carbocycles. The van der Waals surface area contributed by atoms with Gasteiger partial charge in [-0.25, -0.2) is 14.8 Å². The molecule has 0 atom stereocenters. The zero-order valence-electron chi connectivity index (χ0n) is 22.1. The Morgan fingerprint density at radius 2 is 1.87 bits per heavy atom. The second-order valence-electron chi connectivity index (χ2n) is 8.70. The number of hydrogen-bond acceptors (Lipinski definition) is 9. The van der Waals surface area contributed by atoms with E-state index in [4.69, 9.17) is 23.7 Å². The van der Waals surface area contributed by atoms with Gasteiger partial charge in [0.25, 0.3) is 0 Å². The van der Waals surface area contributed by atoms with Gasteiger partial charge in [-0.15, -0.1) is 0 Å². The smallest absolute Gasteiger partial charge is 0.319 e. The quantitative estimate of drug-likeness (QED) is 0.338. The van der Waals surface area contributed by atoms with Crippen molar-refractivity contribution in [1.82, 2.24) is 20.2 Å². The molecule has 0 radical (unpaired) electrons. The summed E-state index contributed by atoms with van der Waals surface area (Å²) in [5.74, 6) is 2.49. The Balaban J connectivity index is 1.46. The molecule has 3 aromatic rings. The number of methoxy groups -OCH3 is 2. The van der Waals surface area contributed by atoms with E-state index in [0.29, 0.717) is 58.6 Å². The molecular weight excluding hydrogens is 490 g/mol. The third kappa shape index (κ3) is 7.14. The third-order valence-corrected chi connectivity index (χ3v) is 6.04. The van der Waals surface area contributed by atoms with Gasteiger partial charge in [0.15, 0.2) is 11.5 Å². The standard InChI is InChI=1S/C27H35N5O6/c1-4-8-28-27(33)31-21-7-6-19(15-23(21)34-2)38-26-20-16-24(35-3)25(17-22(20)29-18-30-26)37-12-5-9-32-10-13-36-14-11-32/h6-7,15-18H,4-5,8-14H2,1-3H3,(H2,28,31,33). The molecule has 0 bridgehead atoms. The van der Waals surface area contributed by atoms with Crippen LogP contribution < -0.4 is 29.6 Å². The van der Waals surface area contributed by atoms with Gasteiger partial charge in [-0.1, -0.05) is 6.92 Å². The minimum absolute atomic E-state index is 0.299. The van der Waals surface area contributed by atoms with E-state index in [0.717, 1.165) is 45.7 Å². The van der Waals surface area contributed by atoms with Crippen molar-refractivity contribution in [2.45, 2.75) is 19.8 Å². The Morgan fingerprint density at radius 1 is 1.05 bits per heavy atom. The molecule has 2 aromatic carbocycles. The maximum absolute atomic E-state index is 12.1. The van der Waals surface area contributed by atoms with Crippen molar-refractivity contribution < 1.29 is 28.5 Å². The Kier molecular flexibility index (Phi) is 9.77. The molecule has 1 aliphatic rings. The van der Waals surface area contributed by atoms with Gasteiger partial charge in [-0.05, 0) is 31.0 Å². The first-order chi connectivity index (χ1) is 18.6. The molecule has 0 unspecified atom stereocenters. The molecular formula is C27H35N5O6. The third-order valence-electron chi connectivity index (χ3n) is 6.04. The lowest BCUT2D eigenvalue weighted by atomic mass is 10.2. The summed E-state index contributed by atoms with van der Waals surface area (Å²) in [5.41, 5.74) is 1.19. The number of ether oxygens (including phenoxy) is 5. The number of amides is 2. The van der Waals surface area contributed by atoms with E-state index in [1.807, 2.05) is 19.1 Å². The van der Waals surface area contributed by atoms with E-state index in [1.165, 1.54) is 13.4 Å². The minimum atomic E-state index is -0.299. The summed E-state index contributed by atoms with van der Waals surface area (Å²) < 4.78 is 28.6. The number of benzene rings is 2. The summed E-state index contributed by atoms with van der Waals surface area (Å²) in [6.07, 6.45) is 3.18. The number of nitrogens with zero attached hydrogens (tertiary/aromatic N) is 3. The average Bonchev–Trinajstić information content (AvgIpc) is 2.95. The fraction of sp³-hybridized carbons (Fsp3) is 0.444. The highest BCUT2D eigenvalue weighted by molar-refractivity contribution is 5.91. The summed E-state index contributed by atoms with van der Waals surface area (Å²) in [6.45, 7) is 7.57. The number of morpholine rings is 1. The molecule has 38 heavy (non-hydrogen) atoms. The van der Waals surface area contributed by atoms with Crippen molar-refractivity contribution in [3.8, 4) is 28.9 Å². The van der Waals surface area contributed by atoms with Gasteiger partial charge in [-0.2, -0.15) is 0 Å². The number of carbonyl (C=O) groups is 1. The van der Waals surface area contributed by atoms with Gasteiger partial charge < -0.3 is 34.3 Å². The van der Waals surface area contributed by atoms with Gasteiger partial charge in [0.1, 0.15) is 17.8 Å². The van der Waals surface area contributed by atoms with E-state index in [1.54, 1.807) is 25.3 Å². The van der Waals surface area contributed by atoms with Crippen LogP contribution in [0, 0.1) is 0 Å². The fourth-order valence-corrected chi connectivity index (χ4v) is 4.04. The van der Waals surface area contributed by atoms with Crippen molar-refractivity contribution in [2.75, 3.05) is 65.5 Å². The number of nitrogens with one attached hydrogen (secondary N) is 2. The highest BCUT2D eigenvalue weighted by atomic mass is 16.5. The van der Waals surface area contributed by atoms with Crippen LogP contribution in [0.15, 0.2) is 36.7 Å². The fourth-order valence-electron chi connectivity index (χ4n) is 4.04. The first kappa shape index (κ1) is 27.2. The number of carbonyl (C=O) groups excluding carboxylic acids is 1. The molecule has 4 rings (SSSR count). The number of fused-ring (bicyclic) bond motifs is 1. The summed E-state index contributed by atoms with van der Waals surface area (Å²) in [7, 11) is 3.13. The topological polar surface area (TPSA) is 116 Å². The van der Waals surface area contributed by atoms with Crippen LogP contribution in [0.4, 0.5) is 10.5 Å². The lowest BCUT2D eigenvalue weighted by Gasteiger charge is -2.26. The largest absolute Gasteiger partial charge is 0.494 e. The Hall–Kier alpha value is -3.83. The van der Waals surface area contributed by atoms with E-state index in [9.17, 15) is 4.79 Å². The van der Waals surface area contributed by atoms with Gasteiger partial charge in [-0.3, -0.25) is 4.90 Å². The number of urea groups is 1. The molecule has 2 amide bonds. The molecule has 204 valence electrons. The van der Waals surface area contributed by atoms with Crippen LogP contribution in [-0.4, -0.2) is 81.1 Å². The first-order valence-electron chi connectivity index (χ1n) is 12.8. The second kappa shape index (κ2) is 13.6. The van der Waals surface area contributed by atoms with Gasteiger partial charge in [0.2, 0.25) is 5.88 Å². The highest BCUT2D eigenvalue weighted by Gasteiger charge is 2.15. The summed E-state index contributed by atoms with van der Waals surface area (Å²) in [4.78, 5) is 23.2. The zero-order valence-corrected chi connectivity index (χ0v) is 22.1. The van der Waals surface area contributed by atoms with Crippen LogP contribution in [0.25, 0.3) is 10.9 Å². The lowest BCUT2D eigenvalue weighted by molar-refractivity contribution is 0.0357. The zero-order chi connectivity index (χ0) is 26.7. The van der Waals surface area contributed by atoms with Gasteiger partial charge >= 0.3 is 6.03 Å². The SMILES string of the molecule is CCCNC(=O)Nc1ccc(Oc2ncnc3cc(OCCCN4CCOCC4)c(OC)cc23)cc1OC. The molecule has 2 heterocycles. The summed E-state index contributed by atoms with van der Waals surface area (Å²) in [5, 5.41) is 6.22. The molecule has 1 aliphatic heterocycles. The molecule has 11 nitrogen and oxygen atoms in total. The normalized spacial score (nSPS) is 13.7. The second-order valence-corrected chi connectivity index (χ2v) is 8.70. The van der Waals surface area contributed by atoms with Crippen LogP contribution in [0.3, 0.4) is 0 Å². The molecule has 11 heteroatoms. The lowest BCUT2D eigenvalue weighted by Crippen LogP contribution is -2.37. The summed E-state index contributed by atoms with van der Waals surface area (Å²) >= 11 is 0. The van der Waals surface area contributed by atoms with Crippen LogP contribution in [0.1, 0.15) is 19.8 Å². The highest BCUT2D eigenvalue weighted by Crippen LogP contribution is 2.37. The van der Waals surface area contributed by atoms with Crippen LogP contribution >= 0.6 is 0 Å². The van der Waals surface area contributed by atoms with Gasteiger partial charge in [0.05, 0.1) is 50.6 Å². The van der Waals surface area contributed by atoms with Gasteiger partial charge in [0, 0.05) is 38.3 Å². The number of aromatic nitrogens is 2. The molecule has 0 spiro atoms. The van der Waals surface area contributed by atoms with Crippen molar-refractivity contribution >= 4 is 22.6 Å². The first-order valence-corrected chi connectivity index (χ1v) is 12.8. The Labute approximate surface area is 222 Å². The van der Waals surface area contributed by atoms with E-state index in [2.05, 4.69) is 25.5 Å². The maximum Gasteiger partial charge on any atom is 0.319 e. The number of hydrogen-bond donors (Lipinski definition) is 2. The predicted octanol–water partition coefficient (Wildman–Crippen LogP) is 4.07. The van der Waals surface area contributed by atoms with Crippen molar-refractivity contribution in [2.24, 2.45) is 0 Å². The van der Waals surface area contributed by atoms with Crippen LogP contribution in [0.5, 0.6) is 28.9 Å². The minimum Gasteiger partial charge on any atom is -0.494 e. The maximum atomic E-state index is 12.1. The Bertz CT molecular complexity index is 1220. The van der Waals surface area contributed by atoms with E-state index >= 15 is 0 Å². The van der Waals surface area contributed by atoms with E-state index < -0.39 is 0 Å². The molecule has 2 N–H and O–H groups in total. The summed E-state index contributed by atoms with van der Waals surface area (Å²) in [6, 6.07) is 8.48. The number of anilines is 1. The molecule has 1 saturated heterocycles. The molecule has 0 aliphatic carbocycles. The molecule has 1 fully saturated rings. The van der Waals surface area contributed by atoms with Crippen molar-refractivity contribution in [3.63, 3.8) is 0 Å². The monoisotopic (exact) mass is 525 g/mol. The van der Waals surface area contributed by atoms with Crippen molar-refractivity contribution in [1.29, 1.82) is 0 Å².